The van der Waals surface area contributed by atoms with Gasteiger partial charge in [0, 0.05) is 36.0 Å². The zero-order chi connectivity index (χ0) is 22.8. The zero-order valence-electron chi connectivity index (χ0n) is 21.5. The molecule has 3 aromatic rings. The van der Waals surface area contributed by atoms with Crippen molar-refractivity contribution in [2.24, 2.45) is 0 Å². The number of hydrogen-bond acceptors (Lipinski definition) is 5. The van der Waals surface area contributed by atoms with E-state index >= 15 is 0 Å². The first kappa shape index (κ1) is 33.5. The predicted molar refractivity (Wildman–Crippen MR) is 157 cm³/mol. The topological polar surface area (TPSA) is 37.8 Å². The van der Waals surface area contributed by atoms with Gasteiger partial charge in [0.15, 0.2) is 0 Å². The molecule has 0 bridgehead atoms. The van der Waals surface area contributed by atoms with Crippen molar-refractivity contribution in [1.82, 2.24) is 14.8 Å². The van der Waals surface area contributed by atoms with Crippen molar-refractivity contribution < 1.29 is 9.47 Å². The Morgan fingerprint density at radius 3 is 1.37 bits per heavy atom. The van der Waals surface area contributed by atoms with Gasteiger partial charge in [0.2, 0.25) is 0 Å². The van der Waals surface area contributed by atoms with Gasteiger partial charge in [-0.1, -0.05) is 27.7 Å². The molecule has 0 unspecified atom stereocenters. The van der Waals surface area contributed by atoms with Crippen LogP contribution in [-0.4, -0.2) is 67.3 Å². The third-order valence-corrected chi connectivity index (χ3v) is 6.12. The molecule has 1 aromatic heterocycles. The average molecular weight is 547 g/mol. The number of nitrogens with zero attached hydrogens (tertiary/aromatic N) is 3. The van der Waals surface area contributed by atoms with Crippen molar-refractivity contribution in [2.75, 3.05) is 52.5 Å². The molecule has 0 atom stereocenters. The standard InChI is InChI=1S/C27H39N3O2.3ClH/c1-5-29(6-2)15-9-17-31-24-13-11-22-19-23-12-14-25(21-27(23)28-26(22)20-24)32-18-10-16-30(7-3)8-4;;;/h11-14,19-21H,5-10,15-18H2,1-4H3;3*1H. The fourth-order valence-electron chi connectivity index (χ4n) is 4.00. The van der Waals surface area contributed by atoms with Crippen molar-refractivity contribution in [3.05, 3.63) is 42.5 Å². The largest absolute Gasteiger partial charge is 0.493 e. The summed E-state index contributed by atoms with van der Waals surface area (Å²) < 4.78 is 12.0. The van der Waals surface area contributed by atoms with E-state index in [4.69, 9.17) is 14.5 Å². The molecule has 3 rings (SSSR count). The normalized spacial score (nSPS) is 10.7. The monoisotopic (exact) mass is 545 g/mol. The Balaban J connectivity index is 0.00000385. The second-order valence-electron chi connectivity index (χ2n) is 8.16. The van der Waals surface area contributed by atoms with Crippen LogP contribution in [0.1, 0.15) is 40.5 Å². The minimum atomic E-state index is 0. The maximum atomic E-state index is 6.00. The zero-order valence-corrected chi connectivity index (χ0v) is 23.9. The molecule has 0 spiro atoms. The maximum absolute atomic E-state index is 6.00. The Bertz CT molecular complexity index is 907. The van der Waals surface area contributed by atoms with Gasteiger partial charge in [0.1, 0.15) is 11.5 Å². The second kappa shape index (κ2) is 17.9. The van der Waals surface area contributed by atoms with Crippen LogP contribution in [0, 0.1) is 0 Å². The lowest BCUT2D eigenvalue weighted by molar-refractivity contribution is 0.249. The molecular formula is C27H42Cl3N3O2. The van der Waals surface area contributed by atoms with E-state index in [1.165, 1.54) is 0 Å². The Morgan fingerprint density at radius 1 is 0.600 bits per heavy atom. The van der Waals surface area contributed by atoms with Crippen LogP contribution in [0.15, 0.2) is 42.5 Å². The van der Waals surface area contributed by atoms with Crippen LogP contribution in [0.2, 0.25) is 0 Å². The van der Waals surface area contributed by atoms with Gasteiger partial charge in [0.25, 0.3) is 0 Å². The van der Waals surface area contributed by atoms with Crippen molar-refractivity contribution >= 4 is 59.0 Å². The highest BCUT2D eigenvalue weighted by molar-refractivity contribution is 5.93. The molecule has 5 nitrogen and oxygen atoms in total. The third-order valence-electron chi connectivity index (χ3n) is 6.12. The Hall–Kier alpha value is -1.50. The number of benzene rings is 2. The number of pyridine rings is 1. The van der Waals surface area contributed by atoms with E-state index < -0.39 is 0 Å². The molecule has 35 heavy (non-hydrogen) atoms. The van der Waals surface area contributed by atoms with E-state index in [-0.39, 0.29) is 37.2 Å². The summed E-state index contributed by atoms with van der Waals surface area (Å²) in [5, 5.41) is 2.25. The Labute approximate surface area is 229 Å². The third kappa shape index (κ3) is 10.2. The maximum Gasteiger partial charge on any atom is 0.121 e. The summed E-state index contributed by atoms with van der Waals surface area (Å²) in [7, 11) is 0. The number of rotatable bonds is 14. The van der Waals surface area contributed by atoms with E-state index in [2.05, 4.69) is 55.7 Å². The van der Waals surface area contributed by atoms with Crippen LogP contribution >= 0.6 is 37.2 Å². The van der Waals surface area contributed by atoms with E-state index in [0.717, 1.165) is 98.6 Å². The molecule has 0 amide bonds. The Kier molecular flexibility index (Phi) is 17.1. The summed E-state index contributed by atoms with van der Waals surface area (Å²) in [6.45, 7) is 16.7. The SMILES string of the molecule is CCN(CC)CCCOc1ccc2cc3ccc(OCCCN(CC)CC)cc3nc2c1.Cl.Cl.Cl. The molecule has 8 heteroatoms. The first-order valence-corrected chi connectivity index (χ1v) is 12.2. The number of halogens is 3. The van der Waals surface area contributed by atoms with Crippen LogP contribution in [0.25, 0.3) is 21.8 Å². The molecule has 0 aliphatic heterocycles. The van der Waals surface area contributed by atoms with Gasteiger partial charge < -0.3 is 19.3 Å². The van der Waals surface area contributed by atoms with Gasteiger partial charge in [-0.05, 0) is 69.4 Å². The van der Waals surface area contributed by atoms with Crippen molar-refractivity contribution in [2.45, 2.75) is 40.5 Å². The molecule has 0 saturated carbocycles. The second-order valence-corrected chi connectivity index (χ2v) is 8.16. The highest BCUT2D eigenvalue weighted by atomic mass is 35.5. The minimum absolute atomic E-state index is 0. The summed E-state index contributed by atoms with van der Waals surface area (Å²) in [5.74, 6) is 1.76. The fraction of sp³-hybridized carbons (Fsp3) is 0.519. The number of fused-ring (bicyclic) bond motifs is 2. The molecule has 198 valence electrons. The van der Waals surface area contributed by atoms with Gasteiger partial charge in [-0.3, -0.25) is 0 Å². The molecule has 1 heterocycles. The number of ether oxygens (including phenoxy) is 2. The lowest BCUT2D eigenvalue weighted by atomic mass is 10.1. The van der Waals surface area contributed by atoms with Gasteiger partial charge in [-0.2, -0.15) is 0 Å². The summed E-state index contributed by atoms with van der Waals surface area (Å²) in [6.07, 6.45) is 2.06. The Morgan fingerprint density at radius 2 is 1.00 bits per heavy atom. The quantitative estimate of drug-likeness (QED) is 0.163. The van der Waals surface area contributed by atoms with Crippen molar-refractivity contribution in [1.29, 1.82) is 0 Å². The highest BCUT2D eigenvalue weighted by Gasteiger charge is 2.06. The van der Waals surface area contributed by atoms with Crippen molar-refractivity contribution in [3.63, 3.8) is 0 Å². The smallest absolute Gasteiger partial charge is 0.121 e. The molecule has 0 radical (unpaired) electrons. The molecule has 0 aliphatic carbocycles. The first-order chi connectivity index (χ1) is 15.7. The predicted octanol–water partition coefficient (Wildman–Crippen LogP) is 6.87. The first-order valence-electron chi connectivity index (χ1n) is 12.2. The van der Waals surface area contributed by atoms with Crippen LogP contribution < -0.4 is 9.47 Å². The van der Waals surface area contributed by atoms with Crippen LogP contribution in [-0.2, 0) is 0 Å². The van der Waals surface area contributed by atoms with Crippen LogP contribution in [0.4, 0.5) is 0 Å². The molecule has 2 aromatic carbocycles. The average Bonchev–Trinajstić information content (AvgIpc) is 2.83. The minimum Gasteiger partial charge on any atom is -0.493 e. The van der Waals surface area contributed by atoms with Crippen LogP contribution in [0.3, 0.4) is 0 Å². The van der Waals surface area contributed by atoms with E-state index in [9.17, 15) is 0 Å². The van der Waals surface area contributed by atoms with Gasteiger partial charge >= 0.3 is 0 Å². The summed E-state index contributed by atoms with van der Waals surface area (Å²) >= 11 is 0. The number of aromatic nitrogens is 1. The van der Waals surface area contributed by atoms with Gasteiger partial charge in [0.05, 0.1) is 24.2 Å². The van der Waals surface area contributed by atoms with E-state index in [1.807, 2.05) is 24.3 Å². The number of hydrogen-bond donors (Lipinski definition) is 0. The van der Waals surface area contributed by atoms with Gasteiger partial charge in [-0.15, -0.1) is 37.2 Å². The highest BCUT2D eigenvalue weighted by Crippen LogP contribution is 2.26. The van der Waals surface area contributed by atoms with E-state index in [1.54, 1.807) is 0 Å². The summed E-state index contributed by atoms with van der Waals surface area (Å²) in [5.41, 5.74) is 1.91. The van der Waals surface area contributed by atoms with E-state index in [0.29, 0.717) is 0 Å². The molecule has 0 fully saturated rings. The molecule has 0 saturated heterocycles. The fourth-order valence-corrected chi connectivity index (χ4v) is 4.00. The van der Waals surface area contributed by atoms with Crippen molar-refractivity contribution in [3.8, 4) is 11.5 Å². The summed E-state index contributed by atoms with van der Waals surface area (Å²) in [6, 6.07) is 14.6. The molecule has 0 N–H and O–H groups in total. The summed E-state index contributed by atoms with van der Waals surface area (Å²) in [4.78, 5) is 9.72. The van der Waals surface area contributed by atoms with Gasteiger partial charge in [-0.25, -0.2) is 4.98 Å². The lowest BCUT2D eigenvalue weighted by Crippen LogP contribution is -2.25. The van der Waals surface area contributed by atoms with Crippen LogP contribution in [0.5, 0.6) is 11.5 Å². The molecular weight excluding hydrogens is 505 g/mol. The lowest BCUT2D eigenvalue weighted by Gasteiger charge is -2.17. The molecule has 0 aliphatic rings.